The van der Waals surface area contributed by atoms with Crippen LogP contribution in [0.2, 0.25) is 0 Å². The quantitative estimate of drug-likeness (QED) is 0.587. The molecule has 1 saturated heterocycles. The standard InChI is InChI=1S/C22H25N3O3/c1-17-15-20(16-18(2)21(17)25(27)28)22(26)24-13-11-23(12-14-24)10-6-9-19-7-4-3-5-8-19/h3-9,15-16H,10-14H2,1-2H3. The first-order valence-corrected chi connectivity index (χ1v) is 9.44. The van der Waals surface area contributed by atoms with Crippen LogP contribution < -0.4 is 0 Å². The van der Waals surface area contributed by atoms with Gasteiger partial charge in [-0.2, -0.15) is 0 Å². The van der Waals surface area contributed by atoms with Crippen LogP contribution >= 0.6 is 0 Å². The Labute approximate surface area is 165 Å². The van der Waals surface area contributed by atoms with E-state index in [-0.39, 0.29) is 16.5 Å². The molecule has 1 fully saturated rings. The second kappa shape index (κ2) is 8.80. The Balaban J connectivity index is 1.57. The Morgan fingerprint density at radius 1 is 1.07 bits per heavy atom. The normalized spacial score (nSPS) is 15.1. The number of nitro groups is 1. The molecule has 28 heavy (non-hydrogen) atoms. The van der Waals surface area contributed by atoms with E-state index in [1.54, 1.807) is 26.0 Å². The first-order chi connectivity index (χ1) is 13.5. The summed E-state index contributed by atoms with van der Waals surface area (Å²) in [5.41, 5.74) is 2.85. The average molecular weight is 379 g/mol. The summed E-state index contributed by atoms with van der Waals surface area (Å²) in [6.45, 7) is 7.16. The second-order valence-electron chi connectivity index (χ2n) is 7.12. The lowest BCUT2D eigenvalue weighted by Crippen LogP contribution is -2.48. The molecule has 0 atom stereocenters. The molecule has 0 radical (unpaired) electrons. The van der Waals surface area contributed by atoms with Crippen LogP contribution in [0.15, 0.2) is 48.5 Å². The maximum atomic E-state index is 12.8. The van der Waals surface area contributed by atoms with Crippen molar-refractivity contribution in [1.82, 2.24) is 9.80 Å². The minimum Gasteiger partial charge on any atom is -0.336 e. The molecule has 1 amide bonds. The molecule has 0 spiro atoms. The van der Waals surface area contributed by atoms with E-state index in [1.165, 1.54) is 5.56 Å². The molecule has 0 unspecified atom stereocenters. The molecule has 1 aliphatic heterocycles. The van der Waals surface area contributed by atoms with Gasteiger partial charge in [0.2, 0.25) is 0 Å². The van der Waals surface area contributed by atoms with E-state index in [4.69, 9.17) is 0 Å². The monoisotopic (exact) mass is 379 g/mol. The number of nitrogens with zero attached hydrogens (tertiary/aromatic N) is 3. The molecule has 1 heterocycles. The minimum absolute atomic E-state index is 0.0550. The molecule has 0 bridgehead atoms. The summed E-state index contributed by atoms with van der Waals surface area (Å²) in [5.74, 6) is -0.0550. The summed E-state index contributed by atoms with van der Waals surface area (Å²) in [5, 5.41) is 11.1. The van der Waals surface area contributed by atoms with Gasteiger partial charge < -0.3 is 4.90 Å². The number of hydrogen-bond acceptors (Lipinski definition) is 4. The van der Waals surface area contributed by atoms with E-state index in [1.807, 2.05) is 23.1 Å². The van der Waals surface area contributed by atoms with Gasteiger partial charge in [0, 0.05) is 49.4 Å². The van der Waals surface area contributed by atoms with Crippen molar-refractivity contribution in [2.75, 3.05) is 32.7 Å². The summed E-state index contributed by atoms with van der Waals surface area (Å²) in [6, 6.07) is 13.4. The Bertz CT molecular complexity index is 862. The topological polar surface area (TPSA) is 66.7 Å². The highest BCUT2D eigenvalue weighted by Crippen LogP contribution is 2.25. The number of rotatable bonds is 5. The van der Waals surface area contributed by atoms with Crippen LogP contribution in [0, 0.1) is 24.0 Å². The zero-order valence-electron chi connectivity index (χ0n) is 16.3. The molecule has 3 rings (SSSR count). The first-order valence-electron chi connectivity index (χ1n) is 9.44. The van der Waals surface area contributed by atoms with Crippen LogP contribution in [0.4, 0.5) is 5.69 Å². The molecule has 6 heteroatoms. The molecule has 1 aliphatic rings. The second-order valence-corrected chi connectivity index (χ2v) is 7.12. The van der Waals surface area contributed by atoms with Gasteiger partial charge in [-0.25, -0.2) is 0 Å². The highest BCUT2D eigenvalue weighted by atomic mass is 16.6. The van der Waals surface area contributed by atoms with Crippen LogP contribution in [0.25, 0.3) is 6.08 Å². The van der Waals surface area contributed by atoms with Crippen molar-refractivity contribution in [2.24, 2.45) is 0 Å². The largest absolute Gasteiger partial charge is 0.336 e. The van der Waals surface area contributed by atoms with Crippen LogP contribution in [-0.4, -0.2) is 53.4 Å². The van der Waals surface area contributed by atoms with E-state index in [0.717, 1.165) is 19.6 Å². The SMILES string of the molecule is Cc1cc(C(=O)N2CCN(CC=Cc3ccccc3)CC2)cc(C)c1[N+](=O)[O-]. The third kappa shape index (κ3) is 4.64. The van der Waals surface area contributed by atoms with Gasteiger partial charge in [0.15, 0.2) is 0 Å². The third-order valence-corrected chi connectivity index (χ3v) is 5.05. The number of benzene rings is 2. The third-order valence-electron chi connectivity index (χ3n) is 5.05. The Morgan fingerprint density at radius 3 is 2.25 bits per heavy atom. The summed E-state index contributed by atoms with van der Waals surface area (Å²) >= 11 is 0. The Kier molecular flexibility index (Phi) is 6.21. The Morgan fingerprint density at radius 2 is 1.68 bits per heavy atom. The average Bonchev–Trinajstić information content (AvgIpc) is 2.68. The number of piperazine rings is 1. The predicted octanol–water partition coefficient (Wildman–Crippen LogP) is 3.68. The van der Waals surface area contributed by atoms with Crippen molar-refractivity contribution in [2.45, 2.75) is 13.8 Å². The van der Waals surface area contributed by atoms with Gasteiger partial charge in [0.25, 0.3) is 11.6 Å². The van der Waals surface area contributed by atoms with Gasteiger partial charge in [-0.15, -0.1) is 0 Å². The van der Waals surface area contributed by atoms with E-state index >= 15 is 0 Å². The molecular formula is C22H25N3O3. The van der Waals surface area contributed by atoms with Gasteiger partial charge in [-0.3, -0.25) is 19.8 Å². The number of amides is 1. The summed E-state index contributed by atoms with van der Waals surface area (Å²) in [6.07, 6.45) is 4.26. The summed E-state index contributed by atoms with van der Waals surface area (Å²) < 4.78 is 0. The predicted molar refractivity (Wildman–Crippen MR) is 110 cm³/mol. The molecular weight excluding hydrogens is 354 g/mol. The zero-order chi connectivity index (χ0) is 20.1. The van der Waals surface area contributed by atoms with Crippen molar-refractivity contribution >= 4 is 17.7 Å². The van der Waals surface area contributed by atoms with Crippen LogP contribution in [0.5, 0.6) is 0 Å². The number of carbonyl (C=O) groups excluding carboxylic acids is 1. The van der Waals surface area contributed by atoms with Crippen LogP contribution in [0.3, 0.4) is 0 Å². The van der Waals surface area contributed by atoms with Gasteiger partial charge in [-0.05, 0) is 31.5 Å². The summed E-state index contributed by atoms with van der Waals surface area (Å²) in [4.78, 5) is 27.7. The first kappa shape index (κ1) is 19.8. The van der Waals surface area contributed by atoms with E-state index in [9.17, 15) is 14.9 Å². The lowest BCUT2D eigenvalue weighted by atomic mass is 10.0. The fourth-order valence-electron chi connectivity index (χ4n) is 3.59. The summed E-state index contributed by atoms with van der Waals surface area (Å²) in [7, 11) is 0. The maximum absolute atomic E-state index is 12.8. The van der Waals surface area contributed by atoms with Crippen LogP contribution in [0.1, 0.15) is 27.0 Å². The molecule has 0 saturated carbocycles. The van der Waals surface area contributed by atoms with Crippen molar-refractivity contribution in [3.8, 4) is 0 Å². The van der Waals surface area contributed by atoms with Crippen LogP contribution in [-0.2, 0) is 0 Å². The van der Waals surface area contributed by atoms with Gasteiger partial charge >= 0.3 is 0 Å². The molecule has 0 aliphatic carbocycles. The number of aryl methyl sites for hydroxylation is 2. The van der Waals surface area contributed by atoms with Gasteiger partial charge in [0.05, 0.1) is 4.92 Å². The fraction of sp³-hybridized carbons (Fsp3) is 0.318. The van der Waals surface area contributed by atoms with E-state index in [0.29, 0.717) is 29.8 Å². The molecule has 0 aromatic heterocycles. The van der Waals surface area contributed by atoms with Crippen molar-refractivity contribution in [3.63, 3.8) is 0 Å². The highest BCUT2D eigenvalue weighted by Gasteiger charge is 2.24. The van der Waals surface area contributed by atoms with Gasteiger partial charge in [0.1, 0.15) is 0 Å². The number of nitro benzene ring substituents is 1. The van der Waals surface area contributed by atoms with E-state index < -0.39 is 0 Å². The Hall–Kier alpha value is -2.99. The molecule has 2 aromatic rings. The smallest absolute Gasteiger partial charge is 0.275 e. The van der Waals surface area contributed by atoms with Crippen molar-refractivity contribution < 1.29 is 9.72 Å². The minimum atomic E-state index is -0.388. The van der Waals surface area contributed by atoms with E-state index in [2.05, 4.69) is 29.2 Å². The van der Waals surface area contributed by atoms with Crippen molar-refractivity contribution in [1.29, 1.82) is 0 Å². The molecule has 2 aromatic carbocycles. The number of hydrogen-bond donors (Lipinski definition) is 0. The lowest BCUT2D eigenvalue weighted by Gasteiger charge is -2.34. The zero-order valence-corrected chi connectivity index (χ0v) is 16.3. The van der Waals surface area contributed by atoms with Gasteiger partial charge in [-0.1, -0.05) is 42.5 Å². The molecule has 146 valence electrons. The molecule has 6 nitrogen and oxygen atoms in total. The number of carbonyl (C=O) groups is 1. The highest BCUT2D eigenvalue weighted by molar-refractivity contribution is 5.95. The maximum Gasteiger partial charge on any atom is 0.275 e. The van der Waals surface area contributed by atoms with Crippen molar-refractivity contribution in [3.05, 3.63) is 80.9 Å². The lowest BCUT2D eigenvalue weighted by molar-refractivity contribution is -0.386. The molecule has 0 N–H and O–H groups in total. The fourth-order valence-corrected chi connectivity index (χ4v) is 3.59.